The van der Waals surface area contributed by atoms with Crippen molar-refractivity contribution < 1.29 is 4.79 Å². The van der Waals surface area contributed by atoms with Crippen molar-refractivity contribution in [2.45, 2.75) is 37.1 Å². The van der Waals surface area contributed by atoms with Gasteiger partial charge in [0.15, 0.2) is 0 Å². The molecule has 0 aromatic heterocycles. The van der Waals surface area contributed by atoms with Crippen LogP contribution in [0.15, 0.2) is 29.2 Å². The van der Waals surface area contributed by atoms with Crippen molar-refractivity contribution in [3.05, 3.63) is 29.8 Å². The second-order valence-corrected chi connectivity index (χ2v) is 5.99. The third kappa shape index (κ3) is 3.50. The Bertz CT molecular complexity index is 422. The van der Waals surface area contributed by atoms with Gasteiger partial charge in [-0.25, -0.2) is 4.31 Å². The molecule has 98 valence electrons. The van der Waals surface area contributed by atoms with E-state index in [4.69, 9.17) is 0 Å². The molecule has 0 bridgehead atoms. The standard InChI is InChI=1S/C14H20N2OS/c1-11-6-5-7-12(10-11)18-16(2)13-8-3-4-9-15-14(13)17/h5-7,10,13H,3-4,8-9H2,1-2H3,(H,15,17). The molecule has 0 spiro atoms. The fourth-order valence-electron chi connectivity index (χ4n) is 2.17. The molecule has 1 aromatic carbocycles. The van der Waals surface area contributed by atoms with E-state index in [0.717, 1.165) is 25.8 Å². The molecule has 0 aliphatic carbocycles. The molecule has 2 rings (SSSR count). The molecule has 1 N–H and O–H groups in total. The number of nitrogens with one attached hydrogen (secondary N) is 1. The van der Waals surface area contributed by atoms with Gasteiger partial charge < -0.3 is 5.32 Å². The summed E-state index contributed by atoms with van der Waals surface area (Å²) in [6.07, 6.45) is 3.15. The molecular weight excluding hydrogens is 244 g/mol. The van der Waals surface area contributed by atoms with Crippen LogP contribution in [0.1, 0.15) is 24.8 Å². The summed E-state index contributed by atoms with van der Waals surface area (Å²) in [6, 6.07) is 8.36. The van der Waals surface area contributed by atoms with Crippen molar-refractivity contribution >= 4 is 17.9 Å². The topological polar surface area (TPSA) is 32.3 Å². The fourth-order valence-corrected chi connectivity index (χ4v) is 3.21. The number of likely N-dealkylation sites (N-methyl/N-ethyl adjacent to an activating group) is 1. The quantitative estimate of drug-likeness (QED) is 0.852. The average Bonchev–Trinajstić information content (AvgIpc) is 2.54. The molecule has 1 aliphatic rings. The summed E-state index contributed by atoms with van der Waals surface area (Å²) in [5.41, 5.74) is 1.25. The van der Waals surface area contributed by atoms with Crippen molar-refractivity contribution in [1.29, 1.82) is 0 Å². The van der Waals surface area contributed by atoms with Crippen LogP contribution in [0.5, 0.6) is 0 Å². The van der Waals surface area contributed by atoms with Crippen LogP contribution in [0, 0.1) is 6.92 Å². The minimum Gasteiger partial charge on any atom is -0.355 e. The lowest BCUT2D eigenvalue weighted by Gasteiger charge is -2.24. The zero-order valence-electron chi connectivity index (χ0n) is 11.0. The number of rotatable bonds is 3. The van der Waals surface area contributed by atoms with Crippen molar-refractivity contribution in [3.8, 4) is 0 Å². The first-order chi connectivity index (χ1) is 8.66. The predicted octanol–water partition coefficient (Wildman–Crippen LogP) is 2.60. The number of aryl methyl sites for hydroxylation is 1. The van der Waals surface area contributed by atoms with Crippen molar-refractivity contribution in [2.75, 3.05) is 13.6 Å². The zero-order chi connectivity index (χ0) is 13.0. The van der Waals surface area contributed by atoms with E-state index in [0.29, 0.717) is 0 Å². The fraction of sp³-hybridized carbons (Fsp3) is 0.500. The lowest BCUT2D eigenvalue weighted by Crippen LogP contribution is -2.40. The molecular formula is C14H20N2OS. The lowest BCUT2D eigenvalue weighted by molar-refractivity contribution is -0.124. The van der Waals surface area contributed by atoms with Crippen LogP contribution in [0.2, 0.25) is 0 Å². The number of hydrogen-bond acceptors (Lipinski definition) is 3. The lowest BCUT2D eigenvalue weighted by atomic mass is 10.1. The Balaban J connectivity index is 2.02. The Morgan fingerprint density at radius 3 is 3.00 bits per heavy atom. The molecule has 18 heavy (non-hydrogen) atoms. The van der Waals surface area contributed by atoms with Gasteiger partial charge in [0.05, 0.1) is 6.04 Å². The molecule has 1 heterocycles. The Hall–Kier alpha value is -1.00. The van der Waals surface area contributed by atoms with E-state index in [-0.39, 0.29) is 11.9 Å². The maximum atomic E-state index is 11.9. The van der Waals surface area contributed by atoms with Gasteiger partial charge in [-0.1, -0.05) is 12.1 Å². The molecule has 1 aliphatic heterocycles. The van der Waals surface area contributed by atoms with Gasteiger partial charge in [-0.2, -0.15) is 0 Å². The van der Waals surface area contributed by atoms with Crippen LogP contribution in [0.25, 0.3) is 0 Å². The highest BCUT2D eigenvalue weighted by molar-refractivity contribution is 7.97. The predicted molar refractivity (Wildman–Crippen MR) is 75.4 cm³/mol. The summed E-state index contributed by atoms with van der Waals surface area (Å²) in [7, 11) is 2.00. The smallest absolute Gasteiger partial charge is 0.238 e. The van der Waals surface area contributed by atoms with Crippen LogP contribution >= 0.6 is 11.9 Å². The highest BCUT2D eigenvalue weighted by Crippen LogP contribution is 2.26. The molecule has 1 amide bonds. The number of carbonyl (C=O) groups is 1. The van der Waals surface area contributed by atoms with Gasteiger partial charge in [-0.3, -0.25) is 4.79 Å². The third-order valence-electron chi connectivity index (χ3n) is 3.18. The van der Waals surface area contributed by atoms with Crippen LogP contribution in [-0.4, -0.2) is 29.8 Å². The van der Waals surface area contributed by atoms with Gasteiger partial charge in [-0.05, 0) is 62.9 Å². The van der Waals surface area contributed by atoms with Gasteiger partial charge >= 0.3 is 0 Å². The molecule has 1 aromatic rings. The van der Waals surface area contributed by atoms with Crippen molar-refractivity contribution in [2.24, 2.45) is 0 Å². The van der Waals surface area contributed by atoms with E-state index >= 15 is 0 Å². The molecule has 1 fully saturated rings. The number of benzene rings is 1. The number of hydrogen-bond donors (Lipinski definition) is 1. The van der Waals surface area contributed by atoms with Gasteiger partial charge in [0, 0.05) is 11.4 Å². The average molecular weight is 264 g/mol. The van der Waals surface area contributed by atoms with Gasteiger partial charge in [0.1, 0.15) is 0 Å². The first-order valence-electron chi connectivity index (χ1n) is 6.42. The van der Waals surface area contributed by atoms with Crippen LogP contribution in [-0.2, 0) is 4.79 Å². The minimum absolute atomic E-state index is 0.0157. The molecule has 4 heteroatoms. The number of nitrogens with zero attached hydrogens (tertiary/aromatic N) is 1. The van der Waals surface area contributed by atoms with Crippen molar-refractivity contribution in [1.82, 2.24) is 9.62 Å². The Kier molecular flexibility index (Phi) is 4.66. The van der Waals surface area contributed by atoms with Crippen LogP contribution in [0.4, 0.5) is 0 Å². The van der Waals surface area contributed by atoms with E-state index in [1.54, 1.807) is 11.9 Å². The molecule has 0 saturated carbocycles. The highest BCUT2D eigenvalue weighted by Gasteiger charge is 2.25. The molecule has 3 nitrogen and oxygen atoms in total. The third-order valence-corrected chi connectivity index (χ3v) is 4.19. The molecule has 1 saturated heterocycles. The second-order valence-electron chi connectivity index (χ2n) is 4.76. The molecule has 1 unspecified atom stereocenters. The minimum atomic E-state index is -0.0157. The van der Waals surface area contributed by atoms with Gasteiger partial charge in [-0.15, -0.1) is 0 Å². The van der Waals surface area contributed by atoms with E-state index in [9.17, 15) is 4.79 Å². The molecule has 1 atom stereocenters. The first-order valence-corrected chi connectivity index (χ1v) is 7.19. The molecule has 0 radical (unpaired) electrons. The van der Waals surface area contributed by atoms with Gasteiger partial charge in [0.25, 0.3) is 0 Å². The maximum Gasteiger partial charge on any atom is 0.238 e. The largest absolute Gasteiger partial charge is 0.355 e. The summed E-state index contributed by atoms with van der Waals surface area (Å²) < 4.78 is 2.08. The summed E-state index contributed by atoms with van der Waals surface area (Å²) in [5, 5.41) is 2.98. The van der Waals surface area contributed by atoms with Crippen LogP contribution in [0.3, 0.4) is 0 Å². The second kappa shape index (κ2) is 6.25. The van der Waals surface area contributed by atoms with E-state index < -0.39 is 0 Å². The highest BCUT2D eigenvalue weighted by atomic mass is 32.2. The van der Waals surface area contributed by atoms with E-state index in [2.05, 4.69) is 40.8 Å². The normalized spacial score (nSPS) is 20.6. The summed E-state index contributed by atoms with van der Waals surface area (Å²) in [4.78, 5) is 13.1. The monoisotopic (exact) mass is 264 g/mol. The Morgan fingerprint density at radius 1 is 1.39 bits per heavy atom. The summed E-state index contributed by atoms with van der Waals surface area (Å²) in [5.74, 6) is 0.162. The summed E-state index contributed by atoms with van der Waals surface area (Å²) in [6.45, 7) is 2.90. The maximum absolute atomic E-state index is 11.9. The number of carbonyl (C=O) groups excluding carboxylic acids is 1. The van der Waals surface area contributed by atoms with E-state index in [1.807, 2.05) is 7.05 Å². The SMILES string of the molecule is Cc1cccc(SN(C)C2CCCCNC2=O)c1. The zero-order valence-corrected chi connectivity index (χ0v) is 11.8. The Labute approximate surface area is 113 Å². The summed E-state index contributed by atoms with van der Waals surface area (Å²) >= 11 is 1.65. The van der Waals surface area contributed by atoms with Gasteiger partial charge in [0.2, 0.25) is 5.91 Å². The van der Waals surface area contributed by atoms with E-state index in [1.165, 1.54) is 10.5 Å². The number of amides is 1. The van der Waals surface area contributed by atoms with Crippen LogP contribution < -0.4 is 5.32 Å². The van der Waals surface area contributed by atoms with Crippen molar-refractivity contribution in [3.63, 3.8) is 0 Å². The Morgan fingerprint density at radius 2 is 2.22 bits per heavy atom. The first kappa shape index (κ1) is 13.4.